The fraction of sp³-hybridized carbons (Fsp3) is 0.750. The number of anilines is 1. The van der Waals surface area contributed by atoms with Gasteiger partial charge in [0, 0.05) is 50.5 Å². The molecular formula is C24H38N6O6. The summed E-state index contributed by atoms with van der Waals surface area (Å²) in [6.45, 7) is 13.8. The van der Waals surface area contributed by atoms with E-state index >= 15 is 0 Å². The molecule has 2 N–H and O–H groups in total. The van der Waals surface area contributed by atoms with Crippen molar-refractivity contribution in [3.05, 3.63) is 11.3 Å². The lowest BCUT2D eigenvalue weighted by molar-refractivity contribution is 0.00864. The van der Waals surface area contributed by atoms with Gasteiger partial charge in [-0.3, -0.25) is 10.2 Å². The Morgan fingerprint density at radius 2 is 1.86 bits per heavy atom. The quantitative estimate of drug-likeness (QED) is 0.638. The van der Waals surface area contributed by atoms with Gasteiger partial charge >= 0.3 is 18.2 Å². The third-order valence-electron chi connectivity index (χ3n) is 7.66. The first-order chi connectivity index (χ1) is 17.0. The average Bonchev–Trinajstić information content (AvgIpc) is 3.31. The highest BCUT2D eigenvalue weighted by Gasteiger charge is 2.49. The third-order valence-corrected chi connectivity index (χ3v) is 7.66. The van der Waals surface area contributed by atoms with Gasteiger partial charge in [0.05, 0.1) is 24.4 Å². The largest absolute Gasteiger partial charge is 0.463 e. The monoisotopic (exact) mass is 506 g/mol. The van der Waals surface area contributed by atoms with Crippen LogP contribution in [0.3, 0.4) is 0 Å². The zero-order valence-electron chi connectivity index (χ0n) is 21.8. The van der Waals surface area contributed by atoms with Crippen molar-refractivity contribution in [2.45, 2.75) is 71.6 Å². The van der Waals surface area contributed by atoms with Crippen LogP contribution in [0, 0.1) is 5.92 Å². The van der Waals surface area contributed by atoms with Crippen LogP contribution in [-0.2, 0) is 21.6 Å². The van der Waals surface area contributed by atoms with Gasteiger partial charge in [0.25, 0.3) is 0 Å². The Bertz CT molecular complexity index is 1000. The second-order valence-electron chi connectivity index (χ2n) is 10.5. The lowest BCUT2D eigenvalue weighted by Crippen LogP contribution is -2.62. The van der Waals surface area contributed by atoms with Crippen LogP contribution in [0.25, 0.3) is 0 Å². The molecule has 0 aliphatic carbocycles. The summed E-state index contributed by atoms with van der Waals surface area (Å²) in [5, 5.41) is 16.4. The van der Waals surface area contributed by atoms with Crippen molar-refractivity contribution in [2.24, 2.45) is 5.92 Å². The van der Waals surface area contributed by atoms with Crippen molar-refractivity contribution in [3.63, 3.8) is 0 Å². The molecule has 4 rings (SSSR count). The highest BCUT2D eigenvalue weighted by Crippen LogP contribution is 2.43. The van der Waals surface area contributed by atoms with Crippen LogP contribution in [0.2, 0.25) is 0 Å². The molecule has 2 atom stereocenters. The Morgan fingerprint density at radius 1 is 1.17 bits per heavy atom. The maximum Gasteiger partial charge on any atom is 0.432 e. The van der Waals surface area contributed by atoms with Crippen molar-refractivity contribution in [1.82, 2.24) is 24.5 Å². The van der Waals surface area contributed by atoms with E-state index in [4.69, 9.17) is 9.47 Å². The number of amides is 3. The van der Waals surface area contributed by atoms with Crippen LogP contribution >= 0.6 is 0 Å². The molecule has 4 heterocycles. The Morgan fingerprint density at radius 3 is 2.50 bits per heavy atom. The molecule has 0 bridgehead atoms. The number of carbonyl (C=O) groups excluding carboxylic acids is 2. The summed E-state index contributed by atoms with van der Waals surface area (Å²) < 4.78 is 11.3. The van der Waals surface area contributed by atoms with Crippen molar-refractivity contribution in [1.29, 1.82) is 0 Å². The van der Waals surface area contributed by atoms with E-state index in [2.05, 4.69) is 29.2 Å². The maximum atomic E-state index is 13.9. The number of fused-ring (bicyclic) bond motifs is 1. The van der Waals surface area contributed by atoms with Gasteiger partial charge in [-0.05, 0) is 53.4 Å². The van der Waals surface area contributed by atoms with Gasteiger partial charge in [0.2, 0.25) is 0 Å². The van der Waals surface area contributed by atoms with E-state index in [-0.39, 0.29) is 37.1 Å². The Kier molecular flexibility index (Phi) is 7.46. The Hall–Kier alpha value is -2.86. The zero-order valence-corrected chi connectivity index (χ0v) is 21.8. The molecule has 12 heteroatoms. The first-order valence-corrected chi connectivity index (χ1v) is 12.7. The molecule has 0 saturated carbocycles. The van der Waals surface area contributed by atoms with E-state index in [1.54, 1.807) is 11.8 Å². The van der Waals surface area contributed by atoms with E-state index in [1.165, 1.54) is 0 Å². The lowest BCUT2D eigenvalue weighted by Gasteiger charge is -2.47. The number of nitrogens with one attached hydrogen (secondary N) is 1. The van der Waals surface area contributed by atoms with Crippen LogP contribution in [0.15, 0.2) is 0 Å². The molecule has 1 aromatic heterocycles. The topological polar surface area (TPSA) is 129 Å². The first-order valence-electron chi connectivity index (χ1n) is 12.7. The number of nitrogens with zero attached hydrogens (tertiary/aromatic N) is 5. The average molecular weight is 507 g/mol. The molecule has 3 aliphatic rings. The fourth-order valence-electron chi connectivity index (χ4n) is 5.66. The summed E-state index contributed by atoms with van der Waals surface area (Å²) in [5.74, 6) is 0.712. The highest BCUT2D eigenvalue weighted by molar-refractivity contribution is 5.86. The number of rotatable bonds is 4. The van der Waals surface area contributed by atoms with E-state index in [9.17, 15) is 19.5 Å². The summed E-state index contributed by atoms with van der Waals surface area (Å²) >= 11 is 0. The van der Waals surface area contributed by atoms with E-state index < -0.39 is 17.7 Å². The molecule has 2 saturated heterocycles. The number of hydrogen-bond acceptors (Lipinski definition) is 7. The van der Waals surface area contributed by atoms with E-state index in [0.717, 1.165) is 43.8 Å². The van der Waals surface area contributed by atoms with Gasteiger partial charge < -0.3 is 24.4 Å². The molecular weight excluding hydrogens is 468 g/mol. The number of carbonyl (C=O) groups is 3. The Labute approximate surface area is 211 Å². The zero-order chi connectivity index (χ0) is 26.2. The summed E-state index contributed by atoms with van der Waals surface area (Å²) in [6, 6.07) is 0.0538. The predicted molar refractivity (Wildman–Crippen MR) is 131 cm³/mol. The fourth-order valence-corrected chi connectivity index (χ4v) is 5.66. The minimum absolute atomic E-state index is 0.00107. The number of hydrogen-bond donors (Lipinski definition) is 2. The summed E-state index contributed by atoms with van der Waals surface area (Å²) in [7, 11) is 0. The van der Waals surface area contributed by atoms with Crippen LogP contribution in [0.5, 0.6) is 0 Å². The van der Waals surface area contributed by atoms with Gasteiger partial charge in [-0.2, -0.15) is 4.68 Å². The van der Waals surface area contributed by atoms with E-state index in [0.29, 0.717) is 23.7 Å². The number of carboxylic acid groups (broad SMARTS) is 1. The third kappa shape index (κ3) is 4.88. The highest BCUT2D eigenvalue weighted by atomic mass is 16.5. The van der Waals surface area contributed by atoms with Gasteiger partial charge in [0.15, 0.2) is 5.82 Å². The maximum absolute atomic E-state index is 13.9. The van der Waals surface area contributed by atoms with E-state index in [1.807, 2.05) is 18.7 Å². The van der Waals surface area contributed by atoms with Crippen molar-refractivity contribution in [2.75, 3.05) is 44.8 Å². The van der Waals surface area contributed by atoms with Crippen LogP contribution in [0.1, 0.15) is 58.7 Å². The number of aromatic nitrogens is 2. The van der Waals surface area contributed by atoms with Gasteiger partial charge in [-0.15, -0.1) is 5.10 Å². The standard InChI is InChI=1S/C24H38N6O6/c1-6-36-21(31)25-20-18-14-29(24(4,5)19(18)30(26-20)23(33)34)22(32)28-12-15(2)27(11-16(28)3)13-17-7-9-35-10-8-17/h15-17H,6-14H2,1-5H3,(H,33,34)(H,25,26,31)/t15-,16+/m1/s1. The second-order valence-corrected chi connectivity index (χ2v) is 10.5. The summed E-state index contributed by atoms with van der Waals surface area (Å²) in [5.41, 5.74) is -0.0779. The molecule has 3 aliphatic heterocycles. The lowest BCUT2D eigenvalue weighted by atomic mass is 9.97. The molecule has 3 amide bonds. The van der Waals surface area contributed by atoms with Gasteiger partial charge in [0.1, 0.15) is 0 Å². The molecule has 0 spiro atoms. The van der Waals surface area contributed by atoms with Gasteiger partial charge in [-0.25, -0.2) is 14.4 Å². The molecule has 200 valence electrons. The molecule has 0 aromatic carbocycles. The van der Waals surface area contributed by atoms with Crippen molar-refractivity contribution < 1.29 is 29.0 Å². The van der Waals surface area contributed by atoms with Gasteiger partial charge in [-0.1, -0.05) is 0 Å². The number of ether oxygens (including phenoxy) is 2. The van der Waals surface area contributed by atoms with Crippen LogP contribution < -0.4 is 5.32 Å². The minimum Gasteiger partial charge on any atom is -0.463 e. The molecule has 0 unspecified atom stereocenters. The molecule has 12 nitrogen and oxygen atoms in total. The van der Waals surface area contributed by atoms with Crippen molar-refractivity contribution >= 4 is 24.0 Å². The molecule has 2 fully saturated rings. The first kappa shape index (κ1) is 26.2. The Balaban J connectivity index is 1.52. The number of piperazine rings is 1. The SMILES string of the molecule is CCOC(=O)Nc1nn(C(=O)O)c2c1CN(C(=O)N1C[C@@H](C)N(CC3CCOCC3)C[C@@H]1C)C2(C)C. The van der Waals surface area contributed by atoms with Crippen LogP contribution in [0.4, 0.5) is 20.2 Å². The molecule has 1 aromatic rings. The minimum atomic E-state index is -1.28. The van der Waals surface area contributed by atoms with Crippen LogP contribution in [-0.4, -0.2) is 99.3 Å². The molecule has 36 heavy (non-hydrogen) atoms. The second kappa shape index (κ2) is 10.3. The normalized spacial score (nSPS) is 24.5. The number of urea groups is 1. The summed E-state index contributed by atoms with van der Waals surface area (Å²) in [4.78, 5) is 43.9. The van der Waals surface area contributed by atoms with Crippen molar-refractivity contribution in [3.8, 4) is 0 Å². The molecule has 0 radical (unpaired) electrons. The summed E-state index contributed by atoms with van der Waals surface area (Å²) in [6.07, 6.45) is 0.141. The predicted octanol–water partition coefficient (Wildman–Crippen LogP) is 2.97. The smallest absolute Gasteiger partial charge is 0.432 e.